The Morgan fingerprint density at radius 3 is 2.50 bits per heavy atom. The van der Waals surface area contributed by atoms with Crippen molar-refractivity contribution in [2.75, 3.05) is 0 Å². The van der Waals surface area contributed by atoms with E-state index >= 15 is 0 Å². The molecule has 2 aromatic rings. The average molecular weight is 244 g/mol. The monoisotopic (exact) mass is 244 g/mol. The lowest BCUT2D eigenvalue weighted by molar-refractivity contribution is 0.457. The standard InChI is InChI=1S/C14H16N2O2/c1-3-10-5-7-11(8-6-10)18-14-9-13(17)15-12(4-2)16-14/h5-9H,3-4H2,1-2H3,(H,15,16,17). The average Bonchev–Trinajstić information content (AvgIpc) is 2.39. The quantitative estimate of drug-likeness (QED) is 0.899. The van der Waals surface area contributed by atoms with E-state index in [1.807, 2.05) is 31.2 Å². The molecule has 1 N–H and O–H groups in total. The van der Waals surface area contributed by atoms with Crippen LogP contribution in [0.1, 0.15) is 25.2 Å². The van der Waals surface area contributed by atoms with Gasteiger partial charge < -0.3 is 9.72 Å². The highest BCUT2D eigenvalue weighted by Gasteiger charge is 2.02. The highest BCUT2D eigenvalue weighted by molar-refractivity contribution is 5.30. The van der Waals surface area contributed by atoms with Gasteiger partial charge in [-0.2, -0.15) is 4.98 Å². The predicted molar refractivity (Wildman–Crippen MR) is 70.1 cm³/mol. The van der Waals surface area contributed by atoms with Gasteiger partial charge in [0.25, 0.3) is 5.56 Å². The lowest BCUT2D eigenvalue weighted by Gasteiger charge is -2.06. The second kappa shape index (κ2) is 5.49. The van der Waals surface area contributed by atoms with Crippen molar-refractivity contribution < 1.29 is 4.74 Å². The van der Waals surface area contributed by atoms with Gasteiger partial charge in [0, 0.05) is 6.42 Å². The minimum absolute atomic E-state index is 0.193. The maximum absolute atomic E-state index is 11.4. The molecule has 0 unspecified atom stereocenters. The molecule has 0 amide bonds. The molecule has 18 heavy (non-hydrogen) atoms. The first kappa shape index (κ1) is 12.4. The van der Waals surface area contributed by atoms with Gasteiger partial charge in [0.05, 0.1) is 6.07 Å². The van der Waals surface area contributed by atoms with E-state index in [1.54, 1.807) is 0 Å². The van der Waals surface area contributed by atoms with Crippen molar-refractivity contribution in [3.8, 4) is 11.6 Å². The number of H-pyrrole nitrogens is 1. The largest absolute Gasteiger partial charge is 0.439 e. The summed E-state index contributed by atoms with van der Waals surface area (Å²) >= 11 is 0. The molecule has 0 spiro atoms. The molecule has 2 rings (SSSR count). The maximum Gasteiger partial charge on any atom is 0.254 e. The first-order chi connectivity index (χ1) is 8.71. The summed E-state index contributed by atoms with van der Waals surface area (Å²) in [7, 11) is 0. The van der Waals surface area contributed by atoms with Gasteiger partial charge >= 0.3 is 0 Å². The van der Waals surface area contributed by atoms with Crippen LogP contribution in [0.25, 0.3) is 0 Å². The Hall–Kier alpha value is -2.10. The summed E-state index contributed by atoms with van der Waals surface area (Å²) in [5.41, 5.74) is 1.05. The van der Waals surface area contributed by atoms with E-state index in [0.717, 1.165) is 6.42 Å². The van der Waals surface area contributed by atoms with Gasteiger partial charge in [-0.1, -0.05) is 26.0 Å². The van der Waals surface area contributed by atoms with Crippen LogP contribution in [-0.4, -0.2) is 9.97 Å². The Bertz CT molecular complexity index is 573. The lowest BCUT2D eigenvalue weighted by atomic mass is 10.2. The van der Waals surface area contributed by atoms with E-state index < -0.39 is 0 Å². The second-order valence-corrected chi connectivity index (χ2v) is 3.98. The number of aromatic amines is 1. The minimum Gasteiger partial charge on any atom is -0.439 e. The number of nitrogens with one attached hydrogen (secondary N) is 1. The van der Waals surface area contributed by atoms with Crippen molar-refractivity contribution >= 4 is 0 Å². The SMILES string of the molecule is CCc1ccc(Oc2cc(=O)[nH]c(CC)n2)cc1. The normalized spacial score (nSPS) is 10.3. The van der Waals surface area contributed by atoms with Crippen LogP contribution in [0, 0.1) is 0 Å². The molecule has 0 atom stereocenters. The van der Waals surface area contributed by atoms with Crippen LogP contribution in [0.4, 0.5) is 0 Å². The first-order valence-corrected chi connectivity index (χ1v) is 6.08. The van der Waals surface area contributed by atoms with E-state index in [9.17, 15) is 4.79 Å². The van der Waals surface area contributed by atoms with Crippen molar-refractivity contribution in [2.45, 2.75) is 26.7 Å². The van der Waals surface area contributed by atoms with Crippen LogP contribution in [0.3, 0.4) is 0 Å². The fraction of sp³-hybridized carbons (Fsp3) is 0.286. The van der Waals surface area contributed by atoms with Crippen LogP contribution >= 0.6 is 0 Å². The molecular formula is C14H16N2O2. The Morgan fingerprint density at radius 1 is 1.17 bits per heavy atom. The van der Waals surface area contributed by atoms with Crippen LogP contribution in [0.2, 0.25) is 0 Å². The van der Waals surface area contributed by atoms with E-state index in [2.05, 4.69) is 16.9 Å². The molecule has 0 aliphatic heterocycles. The van der Waals surface area contributed by atoms with Crippen LogP contribution in [-0.2, 0) is 12.8 Å². The minimum atomic E-state index is -0.193. The Balaban J connectivity index is 2.22. The third-order valence-electron chi connectivity index (χ3n) is 2.66. The fourth-order valence-corrected chi connectivity index (χ4v) is 1.62. The molecule has 1 aromatic heterocycles. The third kappa shape index (κ3) is 2.97. The summed E-state index contributed by atoms with van der Waals surface area (Å²) in [4.78, 5) is 18.3. The van der Waals surface area contributed by atoms with Gasteiger partial charge in [-0.05, 0) is 24.1 Å². The maximum atomic E-state index is 11.4. The highest BCUT2D eigenvalue weighted by atomic mass is 16.5. The fourth-order valence-electron chi connectivity index (χ4n) is 1.62. The van der Waals surface area contributed by atoms with Crippen molar-refractivity contribution in [1.29, 1.82) is 0 Å². The Morgan fingerprint density at radius 2 is 1.89 bits per heavy atom. The highest BCUT2D eigenvalue weighted by Crippen LogP contribution is 2.18. The van der Waals surface area contributed by atoms with Crippen molar-refractivity contribution in [1.82, 2.24) is 9.97 Å². The number of hydrogen-bond donors (Lipinski definition) is 1. The molecular weight excluding hydrogens is 228 g/mol. The van der Waals surface area contributed by atoms with Gasteiger partial charge in [0.2, 0.25) is 5.88 Å². The second-order valence-electron chi connectivity index (χ2n) is 3.98. The molecule has 0 radical (unpaired) electrons. The van der Waals surface area contributed by atoms with Crippen LogP contribution < -0.4 is 10.3 Å². The summed E-state index contributed by atoms with van der Waals surface area (Å²) in [6.45, 7) is 4.03. The number of rotatable bonds is 4. The first-order valence-electron chi connectivity index (χ1n) is 6.08. The zero-order valence-corrected chi connectivity index (χ0v) is 10.6. The van der Waals surface area contributed by atoms with Gasteiger partial charge in [0.1, 0.15) is 11.6 Å². The Labute approximate surface area is 106 Å². The number of aryl methyl sites for hydroxylation is 2. The number of nitrogens with zero attached hydrogens (tertiary/aromatic N) is 1. The number of hydrogen-bond acceptors (Lipinski definition) is 3. The molecule has 1 heterocycles. The molecule has 94 valence electrons. The van der Waals surface area contributed by atoms with Crippen LogP contribution in [0.5, 0.6) is 11.6 Å². The third-order valence-corrected chi connectivity index (χ3v) is 2.66. The number of benzene rings is 1. The van der Waals surface area contributed by atoms with Crippen LogP contribution in [0.15, 0.2) is 35.1 Å². The van der Waals surface area contributed by atoms with Crippen molar-refractivity contribution in [2.24, 2.45) is 0 Å². The topological polar surface area (TPSA) is 55.0 Å². The molecule has 4 heteroatoms. The summed E-state index contributed by atoms with van der Waals surface area (Å²) in [5.74, 6) is 1.65. The summed E-state index contributed by atoms with van der Waals surface area (Å²) in [6, 6.07) is 9.13. The van der Waals surface area contributed by atoms with E-state index in [0.29, 0.717) is 23.9 Å². The zero-order chi connectivity index (χ0) is 13.0. The summed E-state index contributed by atoms with van der Waals surface area (Å²) < 4.78 is 5.57. The molecule has 0 aliphatic rings. The number of ether oxygens (including phenoxy) is 1. The molecule has 0 saturated carbocycles. The molecule has 4 nitrogen and oxygen atoms in total. The van der Waals surface area contributed by atoms with E-state index in [-0.39, 0.29) is 5.56 Å². The smallest absolute Gasteiger partial charge is 0.254 e. The molecule has 1 aromatic carbocycles. The van der Waals surface area contributed by atoms with Gasteiger partial charge in [-0.15, -0.1) is 0 Å². The summed E-state index contributed by atoms with van der Waals surface area (Å²) in [5, 5.41) is 0. The van der Waals surface area contributed by atoms with E-state index in [4.69, 9.17) is 4.74 Å². The summed E-state index contributed by atoms with van der Waals surface area (Å²) in [6.07, 6.45) is 1.66. The Kier molecular flexibility index (Phi) is 3.77. The van der Waals surface area contributed by atoms with Crippen molar-refractivity contribution in [3.63, 3.8) is 0 Å². The predicted octanol–water partition coefficient (Wildman–Crippen LogP) is 2.69. The number of aromatic nitrogens is 2. The van der Waals surface area contributed by atoms with Gasteiger partial charge in [0.15, 0.2) is 0 Å². The molecule has 0 bridgehead atoms. The molecule has 0 fully saturated rings. The van der Waals surface area contributed by atoms with Gasteiger partial charge in [-0.3, -0.25) is 4.79 Å². The zero-order valence-electron chi connectivity index (χ0n) is 10.6. The molecule has 0 aliphatic carbocycles. The van der Waals surface area contributed by atoms with E-state index in [1.165, 1.54) is 11.6 Å². The molecule has 0 saturated heterocycles. The van der Waals surface area contributed by atoms with Crippen molar-refractivity contribution in [3.05, 3.63) is 52.1 Å². The lowest BCUT2D eigenvalue weighted by Crippen LogP contribution is -2.10. The van der Waals surface area contributed by atoms with Gasteiger partial charge in [-0.25, -0.2) is 0 Å².